The van der Waals surface area contributed by atoms with E-state index in [1.54, 1.807) is 0 Å². The maximum absolute atomic E-state index is 13.0. The number of piperidine rings is 2. The van der Waals surface area contributed by atoms with Crippen molar-refractivity contribution in [2.45, 2.75) is 50.2 Å². The Kier molecular flexibility index (Phi) is 6.80. The van der Waals surface area contributed by atoms with E-state index in [9.17, 15) is 19.1 Å². The number of nitrogens with zero attached hydrogens (tertiary/aromatic N) is 2. The van der Waals surface area contributed by atoms with Crippen molar-refractivity contribution >= 4 is 11.7 Å². The van der Waals surface area contributed by atoms with Crippen LogP contribution in [0.15, 0.2) is 24.3 Å². The molecule has 3 N–H and O–H groups in total. The Bertz CT molecular complexity index is 679. The van der Waals surface area contributed by atoms with Crippen molar-refractivity contribution in [3.8, 4) is 0 Å². The molecular weight excluding hydrogens is 361 g/mol. The van der Waals surface area contributed by atoms with Crippen LogP contribution in [0.3, 0.4) is 0 Å². The predicted octanol–water partition coefficient (Wildman–Crippen LogP) is 1.57. The lowest BCUT2D eigenvalue weighted by Gasteiger charge is -2.48. The third-order valence-electron chi connectivity index (χ3n) is 6.26. The van der Waals surface area contributed by atoms with Crippen LogP contribution >= 0.6 is 0 Å². The van der Waals surface area contributed by atoms with Gasteiger partial charge in [0.2, 0.25) is 5.91 Å². The second kappa shape index (κ2) is 9.11. The molecular formula is C21H30FN3O3. The largest absolute Gasteiger partial charge is 0.393 e. The number of aliphatic hydroxyl groups is 1. The Labute approximate surface area is 165 Å². The summed E-state index contributed by atoms with van der Waals surface area (Å²) in [4.78, 5) is 28.9. The SMILES string of the molecule is NC(=O)C1(N2CCC(O)CC2)CCN(CCCC(=O)c2ccc(F)cc2)CC1. The fraction of sp³-hybridized carbons (Fsp3) is 0.619. The van der Waals surface area contributed by atoms with Crippen LogP contribution in [0.2, 0.25) is 0 Å². The first kappa shape index (κ1) is 20.9. The molecule has 0 radical (unpaired) electrons. The van der Waals surface area contributed by atoms with Gasteiger partial charge in [0, 0.05) is 38.2 Å². The lowest BCUT2D eigenvalue weighted by Crippen LogP contribution is -2.64. The van der Waals surface area contributed by atoms with Crippen LogP contribution in [0.5, 0.6) is 0 Å². The minimum absolute atomic E-state index is 0.0235. The molecule has 0 spiro atoms. The highest BCUT2D eigenvalue weighted by Crippen LogP contribution is 2.31. The molecule has 2 fully saturated rings. The molecule has 0 aliphatic carbocycles. The summed E-state index contributed by atoms with van der Waals surface area (Å²) in [6, 6.07) is 5.66. The number of hydrogen-bond acceptors (Lipinski definition) is 5. The van der Waals surface area contributed by atoms with Gasteiger partial charge in [-0.05, 0) is 62.9 Å². The number of ketones is 1. The van der Waals surface area contributed by atoms with E-state index < -0.39 is 5.54 Å². The average Bonchev–Trinajstić information content (AvgIpc) is 2.69. The van der Waals surface area contributed by atoms with Crippen molar-refractivity contribution in [2.75, 3.05) is 32.7 Å². The van der Waals surface area contributed by atoms with Gasteiger partial charge in [-0.2, -0.15) is 0 Å². The molecule has 0 saturated carbocycles. The zero-order valence-electron chi connectivity index (χ0n) is 16.3. The van der Waals surface area contributed by atoms with Gasteiger partial charge in [-0.25, -0.2) is 4.39 Å². The maximum Gasteiger partial charge on any atom is 0.238 e. The highest BCUT2D eigenvalue weighted by Gasteiger charge is 2.45. The topological polar surface area (TPSA) is 86.9 Å². The van der Waals surface area contributed by atoms with Gasteiger partial charge in [-0.3, -0.25) is 14.5 Å². The fourth-order valence-electron chi connectivity index (χ4n) is 4.40. The third kappa shape index (κ3) is 4.77. The minimum atomic E-state index is -0.611. The minimum Gasteiger partial charge on any atom is -0.393 e. The fourth-order valence-corrected chi connectivity index (χ4v) is 4.40. The van der Waals surface area contributed by atoms with E-state index in [2.05, 4.69) is 9.80 Å². The van der Waals surface area contributed by atoms with Gasteiger partial charge < -0.3 is 15.7 Å². The Morgan fingerprint density at radius 3 is 2.29 bits per heavy atom. The van der Waals surface area contributed by atoms with Gasteiger partial charge in [0.05, 0.1) is 6.10 Å². The van der Waals surface area contributed by atoms with E-state index in [0.29, 0.717) is 50.8 Å². The van der Waals surface area contributed by atoms with Crippen LogP contribution in [0.1, 0.15) is 48.9 Å². The molecule has 2 aliphatic rings. The Morgan fingerprint density at radius 2 is 1.71 bits per heavy atom. The molecule has 0 atom stereocenters. The quantitative estimate of drug-likeness (QED) is 0.689. The van der Waals surface area contributed by atoms with Gasteiger partial charge in [-0.1, -0.05) is 0 Å². The number of carbonyl (C=O) groups is 2. The molecule has 0 unspecified atom stereocenters. The van der Waals surface area contributed by atoms with Crippen LogP contribution in [0.25, 0.3) is 0 Å². The number of hydrogen-bond donors (Lipinski definition) is 2. The summed E-state index contributed by atoms with van der Waals surface area (Å²) >= 11 is 0. The first-order valence-electron chi connectivity index (χ1n) is 10.1. The number of benzene rings is 1. The highest BCUT2D eigenvalue weighted by atomic mass is 19.1. The first-order chi connectivity index (χ1) is 13.4. The molecule has 2 heterocycles. The molecule has 28 heavy (non-hydrogen) atoms. The summed E-state index contributed by atoms with van der Waals surface area (Å²) in [6.45, 7) is 3.74. The van der Waals surface area contributed by atoms with E-state index in [4.69, 9.17) is 5.73 Å². The molecule has 2 aliphatic heterocycles. The Hall–Kier alpha value is -1.83. The summed E-state index contributed by atoms with van der Waals surface area (Å²) in [7, 11) is 0. The monoisotopic (exact) mass is 391 g/mol. The smallest absolute Gasteiger partial charge is 0.238 e. The number of halogens is 1. The standard InChI is InChI=1S/C21H30FN3O3/c22-17-5-3-16(4-6-17)19(27)2-1-11-24-14-9-21(10-15-24,20(23)28)25-12-7-18(26)8-13-25/h3-6,18,26H,1-2,7-15H2,(H2,23,28). The first-order valence-corrected chi connectivity index (χ1v) is 10.1. The zero-order chi connectivity index (χ0) is 20.1. The maximum atomic E-state index is 13.0. The van der Waals surface area contributed by atoms with E-state index in [1.165, 1.54) is 24.3 Å². The zero-order valence-corrected chi connectivity index (χ0v) is 16.3. The lowest BCUT2D eigenvalue weighted by atomic mass is 9.83. The van der Waals surface area contributed by atoms with Crippen LogP contribution < -0.4 is 5.73 Å². The van der Waals surface area contributed by atoms with Crippen LogP contribution in [0.4, 0.5) is 4.39 Å². The molecule has 2 saturated heterocycles. The van der Waals surface area contributed by atoms with Crippen molar-refractivity contribution in [1.82, 2.24) is 9.80 Å². The summed E-state index contributed by atoms with van der Waals surface area (Å²) in [6.07, 6.45) is 3.62. The number of nitrogens with two attached hydrogens (primary N) is 1. The van der Waals surface area contributed by atoms with Crippen molar-refractivity contribution in [1.29, 1.82) is 0 Å². The second-order valence-corrected chi connectivity index (χ2v) is 7.99. The third-order valence-corrected chi connectivity index (χ3v) is 6.26. The highest BCUT2D eigenvalue weighted by molar-refractivity contribution is 5.95. The molecule has 3 rings (SSSR count). The molecule has 1 aromatic rings. The van der Waals surface area contributed by atoms with E-state index in [1.807, 2.05) is 0 Å². The van der Waals surface area contributed by atoms with Gasteiger partial charge in [0.15, 0.2) is 5.78 Å². The van der Waals surface area contributed by atoms with E-state index >= 15 is 0 Å². The van der Waals surface area contributed by atoms with E-state index in [-0.39, 0.29) is 23.6 Å². The van der Waals surface area contributed by atoms with E-state index in [0.717, 1.165) is 26.1 Å². The van der Waals surface area contributed by atoms with Crippen LogP contribution in [0, 0.1) is 5.82 Å². The van der Waals surface area contributed by atoms with Crippen molar-refractivity contribution < 1.29 is 19.1 Å². The number of rotatable bonds is 7. The summed E-state index contributed by atoms with van der Waals surface area (Å²) in [5, 5.41) is 9.73. The normalized spacial score (nSPS) is 21.5. The summed E-state index contributed by atoms with van der Waals surface area (Å²) in [5.41, 5.74) is 5.73. The van der Waals surface area contributed by atoms with Gasteiger partial charge >= 0.3 is 0 Å². The second-order valence-electron chi connectivity index (χ2n) is 7.99. The summed E-state index contributed by atoms with van der Waals surface area (Å²) in [5.74, 6) is -0.587. The number of aliphatic hydroxyl groups excluding tert-OH is 1. The van der Waals surface area contributed by atoms with Crippen molar-refractivity contribution in [3.05, 3.63) is 35.6 Å². The Morgan fingerprint density at radius 1 is 1.11 bits per heavy atom. The van der Waals surface area contributed by atoms with Gasteiger partial charge in [0.25, 0.3) is 0 Å². The lowest BCUT2D eigenvalue weighted by molar-refractivity contribution is -0.136. The Balaban J connectivity index is 1.46. The number of amides is 1. The molecule has 1 aromatic carbocycles. The number of likely N-dealkylation sites (tertiary alicyclic amines) is 2. The number of carbonyl (C=O) groups excluding carboxylic acids is 2. The van der Waals surface area contributed by atoms with Crippen LogP contribution in [-0.2, 0) is 4.79 Å². The number of primary amides is 1. The number of Topliss-reactive ketones (excluding diaryl/α,β-unsaturated/α-hetero) is 1. The molecule has 7 heteroatoms. The average molecular weight is 391 g/mol. The van der Waals surface area contributed by atoms with Crippen molar-refractivity contribution in [3.63, 3.8) is 0 Å². The molecule has 6 nitrogen and oxygen atoms in total. The van der Waals surface area contributed by atoms with Gasteiger partial charge in [-0.15, -0.1) is 0 Å². The molecule has 0 aromatic heterocycles. The van der Waals surface area contributed by atoms with Gasteiger partial charge in [0.1, 0.15) is 11.4 Å². The molecule has 0 bridgehead atoms. The molecule has 1 amide bonds. The van der Waals surface area contributed by atoms with Crippen molar-refractivity contribution in [2.24, 2.45) is 5.73 Å². The predicted molar refractivity (Wildman–Crippen MR) is 104 cm³/mol. The van der Waals surface area contributed by atoms with Crippen LogP contribution in [-0.4, -0.2) is 71.0 Å². The summed E-state index contributed by atoms with van der Waals surface area (Å²) < 4.78 is 13.0. The molecule has 154 valence electrons.